The maximum absolute atomic E-state index is 12.6. The summed E-state index contributed by atoms with van der Waals surface area (Å²) in [4.78, 5) is 0. The predicted molar refractivity (Wildman–Crippen MR) is 87.6 cm³/mol. The minimum absolute atomic E-state index is 0.300. The van der Waals surface area contributed by atoms with Gasteiger partial charge in [0.2, 0.25) is 10.0 Å². The smallest absolute Gasteiger partial charge is 0.212 e. The van der Waals surface area contributed by atoms with Crippen molar-refractivity contribution < 1.29 is 8.42 Å². The lowest BCUT2D eigenvalue weighted by molar-refractivity contribution is 0.294. The Balaban J connectivity index is 1.97. The molecule has 5 heteroatoms. The molecule has 2 aliphatic rings. The van der Waals surface area contributed by atoms with Gasteiger partial charge in [-0.25, -0.2) is 13.1 Å². The molecule has 0 unspecified atom stereocenters. The van der Waals surface area contributed by atoms with Gasteiger partial charge in [-0.2, -0.15) is 0 Å². The van der Waals surface area contributed by atoms with E-state index in [0.29, 0.717) is 18.2 Å². The molecule has 0 spiro atoms. The van der Waals surface area contributed by atoms with Crippen LogP contribution in [0.25, 0.3) is 0 Å². The van der Waals surface area contributed by atoms with Crippen LogP contribution in [0.1, 0.15) is 77.0 Å². The second-order valence-electron chi connectivity index (χ2n) is 7.14. The van der Waals surface area contributed by atoms with E-state index >= 15 is 0 Å². The Kier molecular flexibility index (Phi) is 6.51. The highest BCUT2D eigenvalue weighted by atomic mass is 32.2. The van der Waals surface area contributed by atoms with E-state index in [0.717, 1.165) is 38.5 Å². The van der Waals surface area contributed by atoms with Gasteiger partial charge in [-0.3, -0.25) is 0 Å². The average molecular weight is 317 g/mol. The third-order valence-corrected chi connectivity index (χ3v) is 6.91. The molecule has 0 saturated heterocycles. The molecule has 124 valence electrons. The lowest BCUT2D eigenvalue weighted by atomic mass is 9.85. The molecule has 21 heavy (non-hydrogen) atoms. The van der Waals surface area contributed by atoms with Crippen molar-refractivity contribution in [2.45, 2.75) is 82.6 Å². The van der Waals surface area contributed by atoms with E-state index < -0.39 is 10.0 Å². The van der Waals surface area contributed by atoms with Gasteiger partial charge in [0.15, 0.2) is 0 Å². The second-order valence-corrected chi connectivity index (χ2v) is 8.91. The van der Waals surface area contributed by atoms with Gasteiger partial charge in [-0.1, -0.05) is 51.4 Å². The first-order valence-electron chi connectivity index (χ1n) is 8.77. The largest absolute Gasteiger partial charge is 0.329 e. The highest BCUT2D eigenvalue weighted by Crippen LogP contribution is 2.28. The lowest BCUT2D eigenvalue weighted by Crippen LogP contribution is -2.54. The van der Waals surface area contributed by atoms with Crippen molar-refractivity contribution in [2.75, 3.05) is 12.3 Å². The summed E-state index contributed by atoms with van der Waals surface area (Å²) in [6.45, 7) is 0.427. The van der Waals surface area contributed by atoms with Crippen LogP contribution in [0, 0.1) is 5.92 Å². The van der Waals surface area contributed by atoms with Gasteiger partial charge < -0.3 is 5.73 Å². The van der Waals surface area contributed by atoms with E-state index in [1.165, 1.54) is 38.5 Å². The molecule has 0 aliphatic heterocycles. The van der Waals surface area contributed by atoms with E-state index in [2.05, 4.69) is 4.72 Å². The summed E-state index contributed by atoms with van der Waals surface area (Å²) in [6.07, 6.45) is 13.4. The van der Waals surface area contributed by atoms with Crippen LogP contribution >= 0.6 is 0 Å². The van der Waals surface area contributed by atoms with Crippen molar-refractivity contribution in [1.29, 1.82) is 0 Å². The molecule has 0 amide bonds. The van der Waals surface area contributed by atoms with Crippen molar-refractivity contribution in [1.82, 2.24) is 4.72 Å². The monoisotopic (exact) mass is 316 g/mol. The van der Waals surface area contributed by atoms with E-state index in [4.69, 9.17) is 5.73 Å². The summed E-state index contributed by atoms with van der Waals surface area (Å²) in [5, 5.41) is 0. The Morgan fingerprint density at radius 3 is 2.00 bits per heavy atom. The molecule has 0 atom stereocenters. The Morgan fingerprint density at radius 2 is 1.43 bits per heavy atom. The minimum atomic E-state index is -3.21. The zero-order valence-corrected chi connectivity index (χ0v) is 14.1. The Labute approximate surface area is 130 Å². The summed E-state index contributed by atoms with van der Waals surface area (Å²) in [5.41, 5.74) is 5.59. The lowest BCUT2D eigenvalue weighted by Gasteiger charge is -2.35. The summed E-state index contributed by atoms with van der Waals surface area (Å²) >= 11 is 0. The first-order chi connectivity index (χ1) is 10.1. The van der Waals surface area contributed by atoms with Crippen LogP contribution in [0.15, 0.2) is 0 Å². The van der Waals surface area contributed by atoms with Crippen molar-refractivity contribution in [2.24, 2.45) is 11.7 Å². The average Bonchev–Trinajstić information content (AvgIpc) is 2.42. The summed E-state index contributed by atoms with van der Waals surface area (Å²) in [5.74, 6) is 0.647. The van der Waals surface area contributed by atoms with Crippen LogP contribution in [0.2, 0.25) is 0 Å². The van der Waals surface area contributed by atoms with Crippen molar-refractivity contribution in [3.05, 3.63) is 0 Å². The van der Waals surface area contributed by atoms with Crippen LogP contribution in [0.5, 0.6) is 0 Å². The van der Waals surface area contributed by atoms with Crippen LogP contribution < -0.4 is 10.5 Å². The highest BCUT2D eigenvalue weighted by Gasteiger charge is 2.34. The number of nitrogens with two attached hydrogens (primary N) is 1. The normalized spacial score (nSPS) is 25.2. The zero-order valence-electron chi connectivity index (χ0n) is 13.3. The summed E-state index contributed by atoms with van der Waals surface area (Å²) in [6, 6.07) is 0. The maximum Gasteiger partial charge on any atom is 0.212 e. The van der Waals surface area contributed by atoms with E-state index in [1.54, 1.807) is 0 Å². The van der Waals surface area contributed by atoms with Gasteiger partial charge in [0.25, 0.3) is 0 Å². The molecular formula is C16H32N2O2S. The summed E-state index contributed by atoms with van der Waals surface area (Å²) < 4.78 is 28.1. The number of hydrogen-bond acceptors (Lipinski definition) is 3. The van der Waals surface area contributed by atoms with Gasteiger partial charge >= 0.3 is 0 Å². The standard InChI is InChI=1S/C16H32N2O2S/c17-14-16(11-7-2-1-3-8-12-16)18-21(19,20)13-15-9-5-4-6-10-15/h15,18H,1-14,17H2. The third-order valence-electron chi connectivity index (χ3n) is 5.25. The topological polar surface area (TPSA) is 72.2 Å². The SMILES string of the molecule is NCC1(NS(=O)(=O)CC2CCCCC2)CCCCCCC1. The fourth-order valence-electron chi connectivity index (χ4n) is 3.97. The molecule has 3 N–H and O–H groups in total. The molecule has 0 radical (unpaired) electrons. The van der Waals surface area contributed by atoms with Gasteiger partial charge in [-0.15, -0.1) is 0 Å². The van der Waals surface area contributed by atoms with Crippen molar-refractivity contribution in [3.63, 3.8) is 0 Å². The van der Waals surface area contributed by atoms with Gasteiger partial charge in [0, 0.05) is 12.1 Å². The molecule has 2 saturated carbocycles. The molecule has 0 aromatic rings. The molecule has 2 fully saturated rings. The number of nitrogens with one attached hydrogen (secondary N) is 1. The molecule has 0 aromatic carbocycles. The fourth-order valence-corrected chi connectivity index (χ4v) is 5.95. The summed E-state index contributed by atoms with van der Waals surface area (Å²) in [7, 11) is -3.21. The maximum atomic E-state index is 12.6. The third kappa shape index (κ3) is 5.53. The first-order valence-corrected chi connectivity index (χ1v) is 10.4. The van der Waals surface area contributed by atoms with Gasteiger partial charge in [0.05, 0.1) is 5.75 Å². The van der Waals surface area contributed by atoms with Crippen molar-refractivity contribution in [3.8, 4) is 0 Å². The van der Waals surface area contributed by atoms with Crippen LogP contribution in [0.4, 0.5) is 0 Å². The Bertz CT molecular complexity index is 395. The fraction of sp³-hybridized carbons (Fsp3) is 1.00. The number of sulfonamides is 1. The van der Waals surface area contributed by atoms with E-state index in [9.17, 15) is 8.42 Å². The molecular weight excluding hydrogens is 284 g/mol. The molecule has 2 rings (SSSR count). The number of rotatable bonds is 5. The van der Waals surface area contributed by atoms with Gasteiger partial charge in [0.1, 0.15) is 0 Å². The minimum Gasteiger partial charge on any atom is -0.329 e. The van der Waals surface area contributed by atoms with Crippen molar-refractivity contribution >= 4 is 10.0 Å². The highest BCUT2D eigenvalue weighted by molar-refractivity contribution is 7.89. The Morgan fingerprint density at radius 1 is 0.905 bits per heavy atom. The first kappa shape index (κ1) is 17.2. The zero-order chi connectivity index (χ0) is 15.2. The molecule has 0 aromatic heterocycles. The van der Waals surface area contributed by atoms with Gasteiger partial charge in [-0.05, 0) is 31.6 Å². The van der Waals surface area contributed by atoms with E-state index in [1.807, 2.05) is 0 Å². The predicted octanol–water partition coefficient (Wildman–Crippen LogP) is 2.93. The Hall–Kier alpha value is -0.130. The second kappa shape index (κ2) is 7.93. The molecule has 0 heterocycles. The quantitative estimate of drug-likeness (QED) is 0.819. The number of hydrogen-bond donors (Lipinski definition) is 2. The van der Waals surface area contributed by atoms with Crippen LogP contribution in [-0.4, -0.2) is 26.3 Å². The molecule has 4 nitrogen and oxygen atoms in total. The molecule has 0 bridgehead atoms. The van der Waals surface area contributed by atoms with Crippen LogP contribution in [-0.2, 0) is 10.0 Å². The van der Waals surface area contributed by atoms with E-state index in [-0.39, 0.29) is 5.54 Å². The molecule has 2 aliphatic carbocycles. The van der Waals surface area contributed by atoms with Crippen LogP contribution in [0.3, 0.4) is 0 Å².